The highest BCUT2D eigenvalue weighted by molar-refractivity contribution is 5.73. The fourth-order valence-electron chi connectivity index (χ4n) is 1.22. The first-order chi connectivity index (χ1) is 7.18. The molecule has 82 valence electrons. The van der Waals surface area contributed by atoms with Crippen molar-refractivity contribution in [1.82, 2.24) is 10.3 Å². The van der Waals surface area contributed by atoms with Crippen molar-refractivity contribution in [2.24, 2.45) is 5.73 Å². The van der Waals surface area contributed by atoms with E-state index in [1.165, 1.54) is 0 Å². The number of hydrogen-bond donors (Lipinski definition) is 2. The number of nitrogens with zero attached hydrogens (tertiary/aromatic N) is 1. The van der Waals surface area contributed by atoms with E-state index >= 15 is 0 Å². The Kier molecular flexibility index (Phi) is 4.77. The van der Waals surface area contributed by atoms with Crippen molar-refractivity contribution >= 4 is 5.91 Å². The van der Waals surface area contributed by atoms with Crippen LogP contribution in [0.1, 0.15) is 24.1 Å². The maximum Gasteiger partial charge on any atom is 0.217 e. The van der Waals surface area contributed by atoms with Crippen molar-refractivity contribution < 1.29 is 4.79 Å². The van der Waals surface area contributed by atoms with Crippen LogP contribution in [0.15, 0.2) is 18.3 Å². The fraction of sp³-hybridized carbons (Fsp3) is 0.455. The van der Waals surface area contributed by atoms with Crippen LogP contribution in [0.25, 0.3) is 0 Å². The SMILES string of the molecule is Cc1ccc(CNCCCC(N)=O)cn1. The third-order valence-corrected chi connectivity index (χ3v) is 2.08. The highest BCUT2D eigenvalue weighted by Crippen LogP contribution is 1.98. The van der Waals surface area contributed by atoms with Gasteiger partial charge in [-0.05, 0) is 31.5 Å². The normalized spacial score (nSPS) is 10.2. The lowest BCUT2D eigenvalue weighted by Gasteiger charge is -2.03. The first-order valence-electron chi connectivity index (χ1n) is 5.09. The molecule has 1 aromatic rings. The molecule has 0 radical (unpaired) electrons. The second kappa shape index (κ2) is 6.14. The number of carbonyl (C=O) groups excluding carboxylic acids is 1. The molecule has 0 bridgehead atoms. The Balaban J connectivity index is 2.15. The van der Waals surface area contributed by atoms with Gasteiger partial charge in [0.2, 0.25) is 5.91 Å². The van der Waals surface area contributed by atoms with Crippen molar-refractivity contribution in [3.05, 3.63) is 29.6 Å². The van der Waals surface area contributed by atoms with Crippen molar-refractivity contribution in [1.29, 1.82) is 0 Å². The highest BCUT2D eigenvalue weighted by Gasteiger charge is 1.95. The molecule has 1 aromatic heterocycles. The van der Waals surface area contributed by atoms with E-state index in [0.29, 0.717) is 6.42 Å². The summed E-state index contributed by atoms with van der Waals surface area (Å²) in [5, 5.41) is 3.23. The van der Waals surface area contributed by atoms with Crippen molar-refractivity contribution in [2.75, 3.05) is 6.54 Å². The van der Waals surface area contributed by atoms with E-state index in [0.717, 1.165) is 30.8 Å². The van der Waals surface area contributed by atoms with E-state index in [9.17, 15) is 4.79 Å². The number of primary amides is 1. The summed E-state index contributed by atoms with van der Waals surface area (Å²) in [6, 6.07) is 4.03. The molecule has 0 spiro atoms. The third-order valence-electron chi connectivity index (χ3n) is 2.08. The summed E-state index contributed by atoms with van der Waals surface area (Å²) in [5.74, 6) is -0.242. The number of pyridine rings is 1. The molecule has 0 saturated carbocycles. The fourth-order valence-corrected chi connectivity index (χ4v) is 1.22. The summed E-state index contributed by atoms with van der Waals surface area (Å²) in [5.41, 5.74) is 7.20. The Bertz CT molecular complexity index is 308. The minimum absolute atomic E-state index is 0.242. The Morgan fingerprint density at radius 2 is 2.33 bits per heavy atom. The number of amides is 1. The second-order valence-corrected chi connectivity index (χ2v) is 3.55. The molecular formula is C11H17N3O. The number of nitrogens with two attached hydrogens (primary N) is 1. The summed E-state index contributed by atoms with van der Waals surface area (Å²) in [7, 11) is 0. The minimum atomic E-state index is -0.242. The molecular weight excluding hydrogens is 190 g/mol. The van der Waals surface area contributed by atoms with E-state index in [1.807, 2.05) is 25.3 Å². The third kappa shape index (κ3) is 5.12. The molecule has 1 amide bonds. The van der Waals surface area contributed by atoms with Crippen LogP contribution < -0.4 is 11.1 Å². The van der Waals surface area contributed by atoms with E-state index in [4.69, 9.17) is 5.73 Å². The monoisotopic (exact) mass is 207 g/mol. The van der Waals surface area contributed by atoms with Gasteiger partial charge in [0.15, 0.2) is 0 Å². The average molecular weight is 207 g/mol. The number of aromatic nitrogens is 1. The predicted octanol–water partition coefficient (Wildman–Crippen LogP) is 0.745. The molecule has 0 aliphatic carbocycles. The average Bonchev–Trinajstić information content (AvgIpc) is 2.20. The lowest BCUT2D eigenvalue weighted by atomic mass is 10.2. The van der Waals surface area contributed by atoms with Gasteiger partial charge in [0.05, 0.1) is 0 Å². The Hall–Kier alpha value is -1.42. The maximum absolute atomic E-state index is 10.5. The summed E-state index contributed by atoms with van der Waals surface area (Å²) >= 11 is 0. The van der Waals surface area contributed by atoms with Gasteiger partial charge in [0.25, 0.3) is 0 Å². The zero-order valence-electron chi connectivity index (χ0n) is 8.99. The molecule has 0 aliphatic rings. The standard InChI is InChI=1S/C11H17N3O/c1-9-4-5-10(8-14-9)7-13-6-2-3-11(12)15/h4-5,8,13H,2-3,6-7H2,1H3,(H2,12,15). The molecule has 1 rings (SSSR count). The van der Waals surface area contributed by atoms with Crippen LogP contribution in [0, 0.1) is 6.92 Å². The Labute approximate surface area is 89.9 Å². The summed E-state index contributed by atoms with van der Waals surface area (Å²) in [6.45, 7) is 3.55. The minimum Gasteiger partial charge on any atom is -0.370 e. The van der Waals surface area contributed by atoms with Crippen LogP contribution >= 0.6 is 0 Å². The first-order valence-corrected chi connectivity index (χ1v) is 5.09. The van der Waals surface area contributed by atoms with Crippen molar-refractivity contribution in [3.8, 4) is 0 Å². The van der Waals surface area contributed by atoms with Crippen molar-refractivity contribution in [3.63, 3.8) is 0 Å². The second-order valence-electron chi connectivity index (χ2n) is 3.55. The topological polar surface area (TPSA) is 68.0 Å². The summed E-state index contributed by atoms with van der Waals surface area (Å²) < 4.78 is 0. The number of aryl methyl sites for hydroxylation is 1. The van der Waals surface area contributed by atoms with Gasteiger partial charge < -0.3 is 11.1 Å². The molecule has 4 nitrogen and oxygen atoms in total. The molecule has 0 saturated heterocycles. The lowest BCUT2D eigenvalue weighted by molar-refractivity contribution is -0.118. The van der Waals surface area contributed by atoms with Crippen molar-refractivity contribution in [2.45, 2.75) is 26.3 Å². The van der Waals surface area contributed by atoms with Crippen LogP contribution in [0.2, 0.25) is 0 Å². The zero-order valence-corrected chi connectivity index (χ0v) is 8.99. The van der Waals surface area contributed by atoms with E-state index in [2.05, 4.69) is 10.3 Å². The van der Waals surface area contributed by atoms with Crippen LogP contribution in [-0.4, -0.2) is 17.4 Å². The zero-order chi connectivity index (χ0) is 11.1. The van der Waals surface area contributed by atoms with Gasteiger partial charge in [-0.15, -0.1) is 0 Å². The Morgan fingerprint density at radius 3 is 2.93 bits per heavy atom. The maximum atomic E-state index is 10.5. The molecule has 15 heavy (non-hydrogen) atoms. The smallest absolute Gasteiger partial charge is 0.217 e. The van der Waals surface area contributed by atoms with Gasteiger partial charge in [-0.1, -0.05) is 6.07 Å². The lowest BCUT2D eigenvalue weighted by Crippen LogP contribution is -2.18. The molecule has 0 unspecified atom stereocenters. The highest BCUT2D eigenvalue weighted by atomic mass is 16.1. The molecule has 1 heterocycles. The van der Waals surface area contributed by atoms with Crippen LogP contribution in [0.3, 0.4) is 0 Å². The molecule has 0 aromatic carbocycles. The van der Waals surface area contributed by atoms with Crippen LogP contribution in [-0.2, 0) is 11.3 Å². The van der Waals surface area contributed by atoms with Crippen LogP contribution in [0.4, 0.5) is 0 Å². The van der Waals surface area contributed by atoms with E-state index in [1.54, 1.807) is 0 Å². The predicted molar refractivity (Wildman–Crippen MR) is 59.1 cm³/mol. The quantitative estimate of drug-likeness (QED) is 0.676. The Morgan fingerprint density at radius 1 is 1.53 bits per heavy atom. The molecule has 4 heteroatoms. The molecule has 0 atom stereocenters. The van der Waals surface area contributed by atoms with E-state index < -0.39 is 0 Å². The molecule has 3 N–H and O–H groups in total. The van der Waals surface area contributed by atoms with Gasteiger partial charge in [-0.25, -0.2) is 0 Å². The van der Waals surface area contributed by atoms with E-state index in [-0.39, 0.29) is 5.91 Å². The number of nitrogens with one attached hydrogen (secondary N) is 1. The van der Waals surface area contributed by atoms with Crippen LogP contribution in [0.5, 0.6) is 0 Å². The molecule has 0 aliphatic heterocycles. The van der Waals surface area contributed by atoms with Gasteiger partial charge >= 0.3 is 0 Å². The van der Waals surface area contributed by atoms with Gasteiger partial charge in [0, 0.05) is 24.9 Å². The number of rotatable bonds is 6. The molecule has 0 fully saturated rings. The van der Waals surface area contributed by atoms with Gasteiger partial charge in [-0.2, -0.15) is 0 Å². The summed E-state index contributed by atoms with van der Waals surface area (Å²) in [4.78, 5) is 14.6. The first kappa shape index (κ1) is 11.7. The summed E-state index contributed by atoms with van der Waals surface area (Å²) in [6.07, 6.45) is 3.09. The van der Waals surface area contributed by atoms with Gasteiger partial charge in [0.1, 0.15) is 0 Å². The van der Waals surface area contributed by atoms with Gasteiger partial charge in [-0.3, -0.25) is 9.78 Å². The number of carbonyl (C=O) groups is 1. The number of hydrogen-bond acceptors (Lipinski definition) is 3. The largest absolute Gasteiger partial charge is 0.370 e.